The quantitative estimate of drug-likeness (QED) is 0.258. The molecule has 8 nitrogen and oxygen atoms in total. The van der Waals surface area contributed by atoms with Crippen molar-refractivity contribution in [2.24, 2.45) is 5.10 Å². The lowest BCUT2D eigenvalue weighted by Crippen LogP contribution is -2.32. The molecular weight excluding hydrogens is 434 g/mol. The van der Waals surface area contributed by atoms with Crippen LogP contribution in [0.5, 0.6) is 23.0 Å². The first-order valence-corrected chi connectivity index (χ1v) is 11.0. The molecule has 0 fully saturated rings. The molecule has 0 atom stereocenters. The van der Waals surface area contributed by atoms with Gasteiger partial charge < -0.3 is 19.5 Å². The van der Waals surface area contributed by atoms with Crippen LogP contribution in [-0.2, 0) is 9.59 Å². The van der Waals surface area contributed by atoms with Crippen LogP contribution in [0, 0.1) is 0 Å². The minimum absolute atomic E-state index is 0.452. The van der Waals surface area contributed by atoms with Crippen LogP contribution in [0.15, 0.2) is 77.9 Å². The largest absolute Gasteiger partial charge is 0.490 e. The lowest BCUT2D eigenvalue weighted by molar-refractivity contribution is -0.136. The fraction of sp³-hybridized carbons (Fsp3) is 0.192. The third kappa shape index (κ3) is 7.37. The predicted octanol–water partition coefficient (Wildman–Crippen LogP) is 4.76. The lowest BCUT2D eigenvalue weighted by Gasteiger charge is -2.11. The van der Waals surface area contributed by atoms with E-state index in [0.29, 0.717) is 47.5 Å². The molecular formula is C26H27N3O5. The van der Waals surface area contributed by atoms with Crippen LogP contribution in [0.1, 0.15) is 25.8 Å². The smallest absolute Gasteiger partial charge is 0.329 e. The fourth-order valence-corrected chi connectivity index (χ4v) is 2.84. The Morgan fingerprint density at radius 1 is 0.853 bits per heavy atom. The average molecular weight is 462 g/mol. The summed E-state index contributed by atoms with van der Waals surface area (Å²) in [6.45, 7) is 4.98. The summed E-state index contributed by atoms with van der Waals surface area (Å²) in [5, 5.41) is 6.37. The molecule has 2 N–H and O–H groups in total. The van der Waals surface area contributed by atoms with E-state index in [1.54, 1.807) is 42.5 Å². The number of benzene rings is 3. The van der Waals surface area contributed by atoms with Crippen LogP contribution in [-0.4, -0.2) is 31.2 Å². The molecule has 0 heterocycles. The molecule has 0 saturated carbocycles. The highest BCUT2D eigenvalue weighted by molar-refractivity contribution is 6.39. The first-order valence-electron chi connectivity index (χ1n) is 11.0. The van der Waals surface area contributed by atoms with Gasteiger partial charge in [0, 0.05) is 5.69 Å². The number of hydrogen-bond acceptors (Lipinski definition) is 6. The van der Waals surface area contributed by atoms with Gasteiger partial charge in [-0.15, -0.1) is 0 Å². The highest BCUT2D eigenvalue weighted by Crippen LogP contribution is 2.28. The predicted molar refractivity (Wildman–Crippen MR) is 131 cm³/mol. The Hall–Kier alpha value is -4.33. The number of rotatable bonds is 10. The molecule has 0 spiro atoms. The van der Waals surface area contributed by atoms with E-state index in [9.17, 15) is 9.59 Å². The van der Waals surface area contributed by atoms with Gasteiger partial charge in [-0.3, -0.25) is 9.59 Å². The van der Waals surface area contributed by atoms with Gasteiger partial charge in [0.1, 0.15) is 11.5 Å². The summed E-state index contributed by atoms with van der Waals surface area (Å²) in [4.78, 5) is 24.2. The highest BCUT2D eigenvalue weighted by atomic mass is 16.5. The fourth-order valence-electron chi connectivity index (χ4n) is 2.84. The maximum absolute atomic E-state index is 12.2. The van der Waals surface area contributed by atoms with Crippen molar-refractivity contribution in [1.82, 2.24) is 5.43 Å². The standard InChI is InChI=1S/C26H27N3O5/c1-3-16-33-23-15-10-19(17-24(23)32-4-2)18-27-29-26(31)25(30)28-20-11-13-22(14-12-20)34-21-8-6-5-7-9-21/h5-15,17-18H,3-4,16H2,1-2H3,(H,28,30)(H,29,31)/b27-18-. The van der Waals surface area contributed by atoms with E-state index in [1.807, 2.05) is 44.2 Å². The minimum Gasteiger partial charge on any atom is -0.490 e. The van der Waals surface area contributed by atoms with Crippen LogP contribution in [0.2, 0.25) is 0 Å². The number of para-hydroxylation sites is 1. The van der Waals surface area contributed by atoms with Gasteiger partial charge in [0.2, 0.25) is 0 Å². The number of anilines is 1. The topological polar surface area (TPSA) is 98.2 Å². The molecule has 3 aromatic rings. The summed E-state index contributed by atoms with van der Waals surface area (Å²) >= 11 is 0. The Kier molecular flexibility index (Phi) is 9.04. The molecule has 0 unspecified atom stereocenters. The van der Waals surface area contributed by atoms with Crippen LogP contribution in [0.4, 0.5) is 5.69 Å². The van der Waals surface area contributed by atoms with Gasteiger partial charge in [0.05, 0.1) is 19.4 Å². The molecule has 2 amide bonds. The van der Waals surface area contributed by atoms with E-state index >= 15 is 0 Å². The number of hydrazone groups is 1. The number of amides is 2. The highest BCUT2D eigenvalue weighted by Gasteiger charge is 2.13. The van der Waals surface area contributed by atoms with E-state index < -0.39 is 11.8 Å². The monoisotopic (exact) mass is 461 g/mol. The molecule has 0 aliphatic heterocycles. The number of carbonyl (C=O) groups excluding carboxylic acids is 2. The van der Waals surface area contributed by atoms with Gasteiger partial charge in [-0.25, -0.2) is 5.43 Å². The van der Waals surface area contributed by atoms with E-state index in [4.69, 9.17) is 14.2 Å². The molecule has 8 heteroatoms. The van der Waals surface area contributed by atoms with Crippen LogP contribution < -0.4 is 25.0 Å². The molecule has 0 radical (unpaired) electrons. The van der Waals surface area contributed by atoms with Gasteiger partial charge in [-0.2, -0.15) is 5.10 Å². The Morgan fingerprint density at radius 2 is 1.59 bits per heavy atom. The normalized spacial score (nSPS) is 10.5. The zero-order valence-corrected chi connectivity index (χ0v) is 19.1. The van der Waals surface area contributed by atoms with E-state index in [0.717, 1.165) is 6.42 Å². The second-order valence-electron chi connectivity index (χ2n) is 7.08. The van der Waals surface area contributed by atoms with Crippen LogP contribution in [0.25, 0.3) is 0 Å². The zero-order valence-electron chi connectivity index (χ0n) is 19.1. The van der Waals surface area contributed by atoms with E-state index in [1.165, 1.54) is 6.21 Å². The van der Waals surface area contributed by atoms with E-state index in [2.05, 4.69) is 15.8 Å². The zero-order chi connectivity index (χ0) is 24.2. The van der Waals surface area contributed by atoms with Gasteiger partial charge in [0.25, 0.3) is 0 Å². The Morgan fingerprint density at radius 3 is 2.29 bits per heavy atom. The Balaban J connectivity index is 1.52. The van der Waals surface area contributed by atoms with Crippen molar-refractivity contribution >= 4 is 23.7 Å². The summed E-state index contributed by atoms with van der Waals surface area (Å²) in [7, 11) is 0. The Bertz CT molecular complexity index is 1120. The number of hydrogen-bond donors (Lipinski definition) is 2. The molecule has 34 heavy (non-hydrogen) atoms. The van der Waals surface area contributed by atoms with Gasteiger partial charge in [0.15, 0.2) is 11.5 Å². The first-order chi connectivity index (χ1) is 16.6. The molecule has 0 saturated heterocycles. The summed E-state index contributed by atoms with van der Waals surface area (Å²) in [6.07, 6.45) is 2.31. The lowest BCUT2D eigenvalue weighted by atomic mass is 10.2. The molecule has 0 aliphatic rings. The van der Waals surface area contributed by atoms with Gasteiger partial charge >= 0.3 is 11.8 Å². The van der Waals surface area contributed by atoms with Crippen molar-refractivity contribution in [1.29, 1.82) is 0 Å². The molecule has 0 bridgehead atoms. The number of ether oxygens (including phenoxy) is 3. The summed E-state index contributed by atoms with van der Waals surface area (Å²) < 4.78 is 17.0. The van der Waals surface area contributed by atoms with Crippen LogP contribution in [0.3, 0.4) is 0 Å². The molecule has 0 aliphatic carbocycles. The maximum atomic E-state index is 12.2. The first kappa shape index (κ1) is 24.3. The summed E-state index contributed by atoms with van der Waals surface area (Å²) in [5.74, 6) is 0.804. The minimum atomic E-state index is -0.895. The van der Waals surface area contributed by atoms with Gasteiger partial charge in [-0.05, 0) is 73.5 Å². The number of carbonyl (C=O) groups is 2. The van der Waals surface area contributed by atoms with Crippen molar-refractivity contribution < 1.29 is 23.8 Å². The second-order valence-corrected chi connectivity index (χ2v) is 7.08. The maximum Gasteiger partial charge on any atom is 0.329 e. The van der Waals surface area contributed by atoms with Crippen molar-refractivity contribution in [3.05, 3.63) is 78.4 Å². The number of nitrogens with one attached hydrogen (secondary N) is 2. The van der Waals surface area contributed by atoms with Crippen molar-refractivity contribution in [3.8, 4) is 23.0 Å². The molecule has 176 valence electrons. The van der Waals surface area contributed by atoms with Crippen molar-refractivity contribution in [2.75, 3.05) is 18.5 Å². The Labute approximate surface area is 198 Å². The van der Waals surface area contributed by atoms with Crippen molar-refractivity contribution in [2.45, 2.75) is 20.3 Å². The van der Waals surface area contributed by atoms with Crippen LogP contribution >= 0.6 is 0 Å². The third-order valence-corrected chi connectivity index (χ3v) is 4.41. The SMILES string of the molecule is CCCOc1ccc(/C=N\NC(=O)C(=O)Nc2ccc(Oc3ccccc3)cc2)cc1OCC. The molecule has 3 rings (SSSR count). The summed E-state index contributed by atoms with van der Waals surface area (Å²) in [5.41, 5.74) is 3.35. The molecule has 3 aromatic carbocycles. The second kappa shape index (κ2) is 12.6. The van der Waals surface area contributed by atoms with Gasteiger partial charge in [-0.1, -0.05) is 25.1 Å². The third-order valence-electron chi connectivity index (χ3n) is 4.41. The average Bonchev–Trinajstić information content (AvgIpc) is 2.85. The van der Waals surface area contributed by atoms with E-state index in [-0.39, 0.29) is 0 Å². The van der Waals surface area contributed by atoms with Crippen molar-refractivity contribution in [3.63, 3.8) is 0 Å². The molecule has 0 aromatic heterocycles. The number of nitrogens with zero attached hydrogens (tertiary/aromatic N) is 1. The summed E-state index contributed by atoms with van der Waals surface area (Å²) in [6, 6.07) is 21.3.